The molecule has 1 aliphatic heterocycles. The topological polar surface area (TPSA) is 52.9 Å². The number of hydrogen-bond acceptors (Lipinski definition) is 4. The minimum atomic E-state index is -2.89. The summed E-state index contributed by atoms with van der Waals surface area (Å²) >= 11 is 0. The van der Waals surface area contributed by atoms with Crippen LogP contribution in [-0.4, -0.2) is 59.0 Å². The zero-order valence-electron chi connectivity index (χ0n) is 17.4. The van der Waals surface area contributed by atoms with Gasteiger partial charge in [-0.25, -0.2) is 8.78 Å². The molecule has 1 saturated heterocycles. The molecule has 0 aliphatic carbocycles. The Labute approximate surface area is 177 Å². The number of aliphatic hydroxyl groups excluding tert-OH is 2. The third-order valence-corrected chi connectivity index (χ3v) is 5.70. The summed E-state index contributed by atoms with van der Waals surface area (Å²) in [5.41, 5.74) is 3.05. The molecule has 4 nitrogen and oxygen atoms in total. The van der Waals surface area contributed by atoms with Crippen molar-refractivity contribution in [3.05, 3.63) is 60.2 Å². The van der Waals surface area contributed by atoms with Crippen LogP contribution >= 0.6 is 0 Å². The predicted molar refractivity (Wildman–Crippen MR) is 113 cm³/mol. The van der Waals surface area contributed by atoms with E-state index in [9.17, 15) is 19.0 Å². The largest absolute Gasteiger partial charge is 0.390 e. The molecule has 0 spiro atoms. The molecule has 164 valence electrons. The van der Waals surface area contributed by atoms with E-state index in [4.69, 9.17) is 4.74 Å². The van der Waals surface area contributed by atoms with Gasteiger partial charge in [0.25, 0.3) is 5.92 Å². The van der Waals surface area contributed by atoms with Gasteiger partial charge in [-0.05, 0) is 43.0 Å². The second kappa shape index (κ2) is 10.4. The number of β-amino-alcohol motifs (C(OH)–C–C–N with tert-alkyl or cyclic N) is 1. The van der Waals surface area contributed by atoms with Crippen LogP contribution in [-0.2, 0) is 11.3 Å². The number of aliphatic hydroxyl groups is 2. The Hall–Kier alpha value is -1.86. The smallest absolute Gasteiger partial charge is 0.271 e. The van der Waals surface area contributed by atoms with Crippen LogP contribution in [0.1, 0.15) is 31.7 Å². The Kier molecular flexibility index (Phi) is 7.94. The minimum absolute atomic E-state index is 0.0760. The van der Waals surface area contributed by atoms with Crippen molar-refractivity contribution in [1.82, 2.24) is 4.90 Å². The third kappa shape index (κ3) is 6.57. The molecule has 1 fully saturated rings. The van der Waals surface area contributed by atoms with Crippen molar-refractivity contribution >= 4 is 0 Å². The van der Waals surface area contributed by atoms with Gasteiger partial charge in [0.15, 0.2) is 0 Å². The van der Waals surface area contributed by atoms with E-state index in [1.165, 1.54) is 0 Å². The summed E-state index contributed by atoms with van der Waals surface area (Å²) in [5.74, 6) is -2.89. The van der Waals surface area contributed by atoms with Gasteiger partial charge in [-0.3, -0.25) is 4.90 Å². The zero-order valence-corrected chi connectivity index (χ0v) is 17.4. The first-order valence-electron chi connectivity index (χ1n) is 10.5. The van der Waals surface area contributed by atoms with E-state index >= 15 is 0 Å². The van der Waals surface area contributed by atoms with Crippen molar-refractivity contribution in [2.24, 2.45) is 0 Å². The summed E-state index contributed by atoms with van der Waals surface area (Å²) in [7, 11) is 0. The van der Waals surface area contributed by atoms with Crippen LogP contribution in [0.25, 0.3) is 11.1 Å². The van der Waals surface area contributed by atoms with Crippen LogP contribution in [0.2, 0.25) is 0 Å². The molecule has 3 atom stereocenters. The number of benzene rings is 2. The van der Waals surface area contributed by atoms with Crippen LogP contribution in [0.3, 0.4) is 0 Å². The lowest BCUT2D eigenvalue weighted by molar-refractivity contribution is -0.0920. The maximum atomic E-state index is 14.2. The van der Waals surface area contributed by atoms with Crippen molar-refractivity contribution in [3.8, 4) is 11.1 Å². The van der Waals surface area contributed by atoms with E-state index < -0.39 is 24.7 Å². The lowest BCUT2D eigenvalue weighted by Crippen LogP contribution is -2.51. The maximum Gasteiger partial charge on any atom is 0.271 e. The number of nitrogens with zero attached hydrogens (tertiary/aromatic N) is 1. The molecule has 6 heteroatoms. The molecule has 3 rings (SSSR count). The molecule has 2 N–H and O–H groups in total. The Morgan fingerprint density at radius 1 is 1.00 bits per heavy atom. The highest BCUT2D eigenvalue weighted by Crippen LogP contribution is 2.24. The number of hydrogen-bond donors (Lipinski definition) is 2. The lowest BCUT2D eigenvalue weighted by atomic mass is 9.98. The molecule has 1 unspecified atom stereocenters. The monoisotopic (exact) mass is 419 g/mol. The van der Waals surface area contributed by atoms with E-state index in [0.29, 0.717) is 25.9 Å². The summed E-state index contributed by atoms with van der Waals surface area (Å²) in [5, 5.41) is 19.4. The van der Waals surface area contributed by atoms with Crippen molar-refractivity contribution in [1.29, 1.82) is 0 Å². The lowest BCUT2D eigenvalue weighted by Gasteiger charge is -2.39. The first-order chi connectivity index (χ1) is 14.3. The summed E-state index contributed by atoms with van der Waals surface area (Å²) < 4.78 is 33.6. The standard InChI is InChI=1S/C24H31F2NO3/c1-18-14-22(28)23(29)15-27(18)13-5-12-24(25,26)17-30-16-19-8-10-21(11-9-19)20-6-3-2-4-7-20/h2-4,6-11,18,22-23,28-29H,5,12-17H2,1H3/t18-,22?,23-/m0/s1. The number of halogens is 2. The highest BCUT2D eigenvalue weighted by molar-refractivity contribution is 5.63. The van der Waals surface area contributed by atoms with Crippen molar-refractivity contribution in [2.45, 2.75) is 57.0 Å². The molecule has 1 aliphatic rings. The van der Waals surface area contributed by atoms with Crippen molar-refractivity contribution in [3.63, 3.8) is 0 Å². The van der Waals surface area contributed by atoms with Crippen LogP contribution in [0.15, 0.2) is 54.6 Å². The Balaban J connectivity index is 1.38. The summed E-state index contributed by atoms with van der Waals surface area (Å²) in [6.45, 7) is 2.28. The quantitative estimate of drug-likeness (QED) is 0.643. The average molecular weight is 420 g/mol. The van der Waals surface area contributed by atoms with E-state index in [2.05, 4.69) is 0 Å². The Bertz CT molecular complexity index is 770. The number of ether oxygens (including phenoxy) is 1. The van der Waals surface area contributed by atoms with Gasteiger partial charge in [0.2, 0.25) is 0 Å². The molecule has 0 saturated carbocycles. The van der Waals surface area contributed by atoms with Crippen molar-refractivity contribution < 1.29 is 23.7 Å². The number of alkyl halides is 2. The van der Waals surface area contributed by atoms with Gasteiger partial charge < -0.3 is 14.9 Å². The second-order valence-corrected chi connectivity index (χ2v) is 8.23. The molecular weight excluding hydrogens is 388 g/mol. The molecule has 30 heavy (non-hydrogen) atoms. The van der Waals surface area contributed by atoms with Gasteiger partial charge in [0.1, 0.15) is 6.61 Å². The maximum absolute atomic E-state index is 14.2. The first-order valence-corrected chi connectivity index (χ1v) is 10.5. The van der Waals surface area contributed by atoms with Gasteiger partial charge in [-0.2, -0.15) is 0 Å². The van der Waals surface area contributed by atoms with E-state index in [-0.39, 0.29) is 19.1 Å². The molecule has 2 aromatic rings. The zero-order chi connectivity index (χ0) is 21.6. The highest BCUT2D eigenvalue weighted by Gasteiger charge is 2.33. The fourth-order valence-corrected chi connectivity index (χ4v) is 3.86. The van der Waals surface area contributed by atoms with Gasteiger partial charge in [-0.15, -0.1) is 0 Å². The molecule has 2 aromatic carbocycles. The first kappa shape index (κ1) is 22.8. The molecule has 0 amide bonds. The summed E-state index contributed by atoms with van der Waals surface area (Å²) in [6.07, 6.45) is -1.02. The minimum Gasteiger partial charge on any atom is -0.390 e. The molecule has 1 heterocycles. The number of rotatable bonds is 9. The third-order valence-electron chi connectivity index (χ3n) is 5.70. The van der Waals surface area contributed by atoms with Gasteiger partial charge >= 0.3 is 0 Å². The van der Waals surface area contributed by atoms with Crippen LogP contribution < -0.4 is 0 Å². The number of likely N-dealkylation sites (tertiary alicyclic amines) is 1. The Morgan fingerprint density at radius 3 is 2.37 bits per heavy atom. The van der Waals surface area contributed by atoms with Gasteiger partial charge in [0, 0.05) is 19.0 Å². The van der Waals surface area contributed by atoms with E-state index in [1.54, 1.807) is 0 Å². The predicted octanol–water partition coefficient (Wildman–Crippen LogP) is 4.10. The van der Waals surface area contributed by atoms with Gasteiger partial charge in [-0.1, -0.05) is 54.6 Å². The van der Waals surface area contributed by atoms with Crippen LogP contribution in [0, 0.1) is 0 Å². The average Bonchev–Trinajstić information content (AvgIpc) is 2.73. The molecule has 0 bridgehead atoms. The molecule has 0 aromatic heterocycles. The van der Waals surface area contributed by atoms with E-state index in [1.807, 2.05) is 66.4 Å². The normalized spacial score (nSPS) is 22.9. The van der Waals surface area contributed by atoms with Crippen molar-refractivity contribution in [2.75, 3.05) is 19.7 Å². The second-order valence-electron chi connectivity index (χ2n) is 8.23. The highest BCUT2D eigenvalue weighted by atomic mass is 19.3. The fraction of sp³-hybridized carbons (Fsp3) is 0.500. The number of piperidine rings is 1. The Morgan fingerprint density at radius 2 is 1.67 bits per heavy atom. The van der Waals surface area contributed by atoms with Crippen LogP contribution in [0.5, 0.6) is 0 Å². The SMILES string of the molecule is C[C@H]1CC(O)[C@@H](O)CN1CCCC(F)(F)COCc1ccc(-c2ccccc2)cc1. The fourth-order valence-electron chi connectivity index (χ4n) is 3.86. The molecule has 0 radical (unpaired) electrons. The van der Waals surface area contributed by atoms with Crippen LogP contribution in [0.4, 0.5) is 8.78 Å². The van der Waals surface area contributed by atoms with E-state index in [0.717, 1.165) is 16.7 Å². The molecular formula is C24H31F2NO3. The van der Waals surface area contributed by atoms with Gasteiger partial charge in [0.05, 0.1) is 18.8 Å². The summed E-state index contributed by atoms with van der Waals surface area (Å²) in [4.78, 5) is 1.96. The summed E-state index contributed by atoms with van der Waals surface area (Å²) in [6, 6.07) is 17.8.